The quantitative estimate of drug-likeness (QED) is 0.397. The lowest BCUT2D eigenvalue weighted by Gasteiger charge is -1.95. The van der Waals surface area contributed by atoms with Crippen LogP contribution in [0.5, 0.6) is 0 Å². The minimum Gasteiger partial charge on any atom is -0.466 e. The van der Waals surface area contributed by atoms with Crippen molar-refractivity contribution >= 4 is 23.9 Å². The molecule has 0 aliphatic carbocycles. The predicted octanol–water partition coefficient (Wildman–Crippen LogP) is 0.557. The SMILES string of the molecule is CCOC(=O)C=CC(=O)OCC.COC(=O)C=CC(=O)OC. The fourth-order valence-corrected chi connectivity index (χ4v) is 0.789. The molecule has 0 amide bonds. The first-order chi connectivity index (χ1) is 10.4. The number of hydrogen-bond acceptors (Lipinski definition) is 8. The van der Waals surface area contributed by atoms with Gasteiger partial charge in [-0.2, -0.15) is 0 Å². The highest BCUT2D eigenvalue weighted by Crippen LogP contribution is 1.84. The highest BCUT2D eigenvalue weighted by molar-refractivity contribution is 5.92. The van der Waals surface area contributed by atoms with Crippen LogP contribution < -0.4 is 0 Å². The van der Waals surface area contributed by atoms with Crippen LogP contribution in [-0.2, 0) is 38.1 Å². The van der Waals surface area contributed by atoms with Crippen LogP contribution in [0.2, 0.25) is 0 Å². The maximum atomic E-state index is 10.6. The standard InChI is InChI=1S/C8H12O4.C6H8O4/c1-3-11-7(9)5-6-8(10)12-4-2;1-9-5(7)3-4-6(8)10-2/h5-6H,3-4H2,1-2H3;3-4H,1-2H3. The molecule has 0 aliphatic rings. The molecular formula is C14H20O8. The van der Waals surface area contributed by atoms with Crippen LogP contribution in [0, 0.1) is 0 Å². The van der Waals surface area contributed by atoms with E-state index in [2.05, 4.69) is 18.9 Å². The second-order valence-corrected chi connectivity index (χ2v) is 3.22. The molecule has 0 bridgehead atoms. The lowest BCUT2D eigenvalue weighted by molar-refractivity contribution is -0.140. The number of ether oxygens (including phenoxy) is 4. The molecule has 124 valence electrons. The third-order valence-corrected chi connectivity index (χ3v) is 1.69. The fraction of sp³-hybridized carbons (Fsp3) is 0.429. The van der Waals surface area contributed by atoms with E-state index >= 15 is 0 Å². The molecule has 0 radical (unpaired) electrons. The van der Waals surface area contributed by atoms with Gasteiger partial charge in [-0.05, 0) is 13.8 Å². The number of esters is 4. The molecule has 0 unspecified atom stereocenters. The number of carbonyl (C=O) groups is 4. The van der Waals surface area contributed by atoms with Crippen molar-refractivity contribution < 1.29 is 38.1 Å². The van der Waals surface area contributed by atoms with Crippen LogP contribution in [-0.4, -0.2) is 51.3 Å². The summed E-state index contributed by atoms with van der Waals surface area (Å²) in [7, 11) is 2.45. The van der Waals surface area contributed by atoms with Crippen LogP contribution in [0.1, 0.15) is 13.8 Å². The van der Waals surface area contributed by atoms with Gasteiger partial charge in [0.25, 0.3) is 0 Å². The van der Waals surface area contributed by atoms with Gasteiger partial charge in [-0.1, -0.05) is 0 Å². The third-order valence-electron chi connectivity index (χ3n) is 1.69. The molecule has 0 aliphatic heterocycles. The number of methoxy groups -OCH3 is 2. The van der Waals surface area contributed by atoms with Gasteiger partial charge < -0.3 is 18.9 Å². The molecular weight excluding hydrogens is 296 g/mol. The van der Waals surface area contributed by atoms with E-state index in [1.54, 1.807) is 13.8 Å². The minimum absolute atomic E-state index is 0.298. The van der Waals surface area contributed by atoms with Crippen molar-refractivity contribution in [1.29, 1.82) is 0 Å². The van der Waals surface area contributed by atoms with E-state index in [1.165, 1.54) is 14.2 Å². The van der Waals surface area contributed by atoms with Crippen LogP contribution in [0.3, 0.4) is 0 Å². The Kier molecular flexibility index (Phi) is 14.5. The largest absolute Gasteiger partial charge is 0.466 e. The molecule has 22 heavy (non-hydrogen) atoms. The highest BCUT2D eigenvalue weighted by Gasteiger charge is 1.97. The van der Waals surface area contributed by atoms with Crippen molar-refractivity contribution in [2.24, 2.45) is 0 Å². The second-order valence-electron chi connectivity index (χ2n) is 3.22. The van der Waals surface area contributed by atoms with Crippen molar-refractivity contribution in [3.63, 3.8) is 0 Å². The maximum Gasteiger partial charge on any atom is 0.330 e. The Morgan fingerprint density at radius 1 is 0.636 bits per heavy atom. The van der Waals surface area contributed by atoms with Gasteiger partial charge in [-0.15, -0.1) is 0 Å². The average molecular weight is 316 g/mol. The highest BCUT2D eigenvalue weighted by atomic mass is 16.5. The molecule has 0 aromatic carbocycles. The number of hydrogen-bond donors (Lipinski definition) is 0. The summed E-state index contributed by atoms with van der Waals surface area (Å²) in [4.78, 5) is 41.9. The minimum atomic E-state index is -0.578. The fourth-order valence-electron chi connectivity index (χ4n) is 0.789. The normalized spacial score (nSPS) is 9.64. The first-order valence-corrected chi connectivity index (χ1v) is 6.26. The summed E-state index contributed by atoms with van der Waals surface area (Å²) in [5, 5.41) is 0. The van der Waals surface area contributed by atoms with E-state index in [0.717, 1.165) is 24.3 Å². The molecule has 0 spiro atoms. The molecule has 0 atom stereocenters. The zero-order valence-corrected chi connectivity index (χ0v) is 13.0. The maximum absolute atomic E-state index is 10.6. The molecule has 0 aromatic heterocycles. The van der Waals surface area contributed by atoms with E-state index < -0.39 is 23.9 Å². The number of rotatable bonds is 6. The zero-order chi connectivity index (χ0) is 17.4. The Morgan fingerprint density at radius 3 is 1.14 bits per heavy atom. The molecule has 0 fully saturated rings. The number of carbonyl (C=O) groups excluding carboxylic acids is 4. The summed E-state index contributed by atoms with van der Waals surface area (Å²) in [6.07, 6.45) is 4.07. The molecule has 8 nitrogen and oxygen atoms in total. The summed E-state index contributed by atoms with van der Waals surface area (Å²) in [6.45, 7) is 3.98. The predicted molar refractivity (Wildman–Crippen MR) is 75.6 cm³/mol. The summed E-state index contributed by atoms with van der Waals surface area (Å²) >= 11 is 0. The monoisotopic (exact) mass is 316 g/mol. The molecule has 0 saturated carbocycles. The van der Waals surface area contributed by atoms with Gasteiger partial charge in [0.2, 0.25) is 0 Å². The van der Waals surface area contributed by atoms with Gasteiger partial charge in [-0.25, -0.2) is 19.2 Å². The Labute approximate surface area is 128 Å². The molecule has 0 N–H and O–H groups in total. The van der Waals surface area contributed by atoms with Gasteiger partial charge in [0.15, 0.2) is 0 Å². The van der Waals surface area contributed by atoms with E-state index in [4.69, 9.17) is 0 Å². The summed E-state index contributed by atoms with van der Waals surface area (Å²) < 4.78 is 17.5. The molecule has 0 saturated heterocycles. The van der Waals surface area contributed by atoms with E-state index in [9.17, 15) is 19.2 Å². The van der Waals surface area contributed by atoms with Crippen molar-refractivity contribution in [1.82, 2.24) is 0 Å². The van der Waals surface area contributed by atoms with Gasteiger partial charge in [-0.3, -0.25) is 0 Å². The summed E-state index contributed by atoms with van der Waals surface area (Å²) in [6, 6.07) is 0. The summed E-state index contributed by atoms with van der Waals surface area (Å²) in [5.74, 6) is -2.23. The average Bonchev–Trinajstić information content (AvgIpc) is 2.51. The lowest BCUT2D eigenvalue weighted by atomic mass is 10.5. The third kappa shape index (κ3) is 15.4. The van der Waals surface area contributed by atoms with Crippen LogP contribution in [0.15, 0.2) is 24.3 Å². The smallest absolute Gasteiger partial charge is 0.330 e. The van der Waals surface area contributed by atoms with Gasteiger partial charge >= 0.3 is 23.9 Å². The first-order valence-electron chi connectivity index (χ1n) is 6.26. The first kappa shape index (κ1) is 21.7. The lowest BCUT2D eigenvalue weighted by Crippen LogP contribution is -2.03. The van der Waals surface area contributed by atoms with Gasteiger partial charge in [0.1, 0.15) is 0 Å². The van der Waals surface area contributed by atoms with Crippen LogP contribution in [0.25, 0.3) is 0 Å². The molecule has 8 heteroatoms. The Hall–Kier alpha value is -2.64. The Bertz CT molecular complexity index is 385. The van der Waals surface area contributed by atoms with Crippen molar-refractivity contribution in [3.05, 3.63) is 24.3 Å². The van der Waals surface area contributed by atoms with Crippen LogP contribution in [0.4, 0.5) is 0 Å². The second kappa shape index (κ2) is 14.8. The van der Waals surface area contributed by atoms with Crippen molar-refractivity contribution in [3.8, 4) is 0 Å². The van der Waals surface area contributed by atoms with Crippen LogP contribution >= 0.6 is 0 Å². The van der Waals surface area contributed by atoms with E-state index in [-0.39, 0.29) is 0 Å². The zero-order valence-electron chi connectivity index (χ0n) is 13.0. The topological polar surface area (TPSA) is 105 Å². The van der Waals surface area contributed by atoms with Gasteiger partial charge in [0, 0.05) is 24.3 Å². The van der Waals surface area contributed by atoms with Crippen molar-refractivity contribution in [2.45, 2.75) is 13.8 Å². The molecule has 0 heterocycles. The van der Waals surface area contributed by atoms with E-state index in [1.807, 2.05) is 0 Å². The Balaban J connectivity index is 0. The Morgan fingerprint density at radius 2 is 0.909 bits per heavy atom. The van der Waals surface area contributed by atoms with E-state index in [0.29, 0.717) is 13.2 Å². The molecule has 0 aromatic rings. The summed E-state index contributed by atoms with van der Waals surface area (Å²) in [5.41, 5.74) is 0. The van der Waals surface area contributed by atoms with Gasteiger partial charge in [0.05, 0.1) is 27.4 Å². The molecule has 0 rings (SSSR count). The van der Waals surface area contributed by atoms with Crippen molar-refractivity contribution in [2.75, 3.05) is 27.4 Å².